The van der Waals surface area contributed by atoms with E-state index in [2.05, 4.69) is 15.0 Å². The topological polar surface area (TPSA) is 38.7 Å². The lowest BCUT2D eigenvalue weighted by atomic mass is 10.3. The first-order valence-corrected chi connectivity index (χ1v) is 6.88. The highest BCUT2D eigenvalue weighted by molar-refractivity contribution is 8.01. The predicted octanol–water partition coefficient (Wildman–Crippen LogP) is 3.61. The van der Waals surface area contributed by atoms with Gasteiger partial charge in [-0.3, -0.25) is 0 Å². The second-order valence-electron chi connectivity index (χ2n) is 3.11. The number of hydrogen-bond acceptors (Lipinski definition) is 5. The molecule has 0 atom stereocenters. The number of aryl methyl sites for hydroxylation is 1. The van der Waals surface area contributed by atoms with Gasteiger partial charge in [0.25, 0.3) is 0 Å². The molecule has 84 valence electrons. The zero-order chi connectivity index (χ0) is 11.5. The van der Waals surface area contributed by atoms with Crippen LogP contribution >= 0.6 is 34.7 Å². The van der Waals surface area contributed by atoms with Crippen LogP contribution in [0.2, 0.25) is 5.15 Å². The van der Waals surface area contributed by atoms with Gasteiger partial charge >= 0.3 is 0 Å². The molecule has 0 aliphatic carbocycles. The molecule has 0 N–H and O–H groups in total. The summed E-state index contributed by atoms with van der Waals surface area (Å²) in [4.78, 5) is 12.9. The Balaban J connectivity index is 2.36. The van der Waals surface area contributed by atoms with Gasteiger partial charge in [0, 0.05) is 23.6 Å². The van der Waals surface area contributed by atoms with Gasteiger partial charge in [0.2, 0.25) is 0 Å². The van der Waals surface area contributed by atoms with Crippen LogP contribution in [0.5, 0.6) is 0 Å². The fourth-order valence-electron chi connectivity index (χ4n) is 1.11. The standard InChI is InChI=1S/C10H10ClN3S2/c1-3-7-13-8(11)6(2)9(14-7)16-10-12-4-5-15-10/h4-5H,3H2,1-2H3. The molecule has 0 saturated carbocycles. The number of aromatic nitrogens is 3. The molecule has 0 amide bonds. The van der Waals surface area contributed by atoms with Crippen molar-refractivity contribution >= 4 is 34.7 Å². The average molecular weight is 272 g/mol. The zero-order valence-electron chi connectivity index (χ0n) is 8.90. The van der Waals surface area contributed by atoms with Gasteiger partial charge in [0.1, 0.15) is 16.0 Å². The first-order chi connectivity index (χ1) is 7.70. The van der Waals surface area contributed by atoms with E-state index in [-0.39, 0.29) is 0 Å². The van der Waals surface area contributed by atoms with Crippen molar-refractivity contribution in [1.82, 2.24) is 15.0 Å². The Morgan fingerprint density at radius 3 is 2.88 bits per heavy atom. The number of hydrogen-bond donors (Lipinski definition) is 0. The fraction of sp³-hybridized carbons (Fsp3) is 0.300. The van der Waals surface area contributed by atoms with Gasteiger partial charge in [0.05, 0.1) is 0 Å². The quantitative estimate of drug-likeness (QED) is 0.800. The molecule has 16 heavy (non-hydrogen) atoms. The van der Waals surface area contributed by atoms with Crippen LogP contribution in [0.1, 0.15) is 18.3 Å². The molecule has 6 heteroatoms. The van der Waals surface area contributed by atoms with Crippen molar-refractivity contribution in [3.63, 3.8) is 0 Å². The second-order valence-corrected chi connectivity index (χ2v) is 5.60. The van der Waals surface area contributed by atoms with Crippen molar-refractivity contribution in [3.05, 3.63) is 28.1 Å². The summed E-state index contributed by atoms with van der Waals surface area (Å²) in [7, 11) is 0. The van der Waals surface area contributed by atoms with Gasteiger partial charge < -0.3 is 0 Å². The summed E-state index contributed by atoms with van der Waals surface area (Å²) in [6.07, 6.45) is 2.57. The minimum Gasteiger partial charge on any atom is -0.238 e. The van der Waals surface area contributed by atoms with E-state index in [1.54, 1.807) is 17.5 Å². The molecule has 0 fully saturated rings. The summed E-state index contributed by atoms with van der Waals surface area (Å²) in [5.41, 5.74) is 0.916. The number of rotatable bonds is 3. The Morgan fingerprint density at radius 2 is 2.25 bits per heavy atom. The minimum atomic E-state index is 0.533. The maximum atomic E-state index is 6.06. The van der Waals surface area contributed by atoms with Gasteiger partial charge in [-0.2, -0.15) is 0 Å². The van der Waals surface area contributed by atoms with Crippen molar-refractivity contribution in [2.75, 3.05) is 0 Å². The molecule has 0 aromatic carbocycles. The van der Waals surface area contributed by atoms with E-state index >= 15 is 0 Å². The molecule has 2 rings (SSSR count). The Hall–Kier alpha value is -0.650. The largest absolute Gasteiger partial charge is 0.238 e. The molecule has 0 aliphatic heterocycles. The zero-order valence-corrected chi connectivity index (χ0v) is 11.3. The lowest BCUT2D eigenvalue weighted by molar-refractivity contribution is 0.871. The highest BCUT2D eigenvalue weighted by Crippen LogP contribution is 2.32. The smallest absolute Gasteiger partial charge is 0.156 e. The van der Waals surface area contributed by atoms with Crippen LogP contribution < -0.4 is 0 Å². The van der Waals surface area contributed by atoms with E-state index in [9.17, 15) is 0 Å². The molecule has 0 radical (unpaired) electrons. The van der Waals surface area contributed by atoms with Gasteiger partial charge in [-0.05, 0) is 18.7 Å². The summed E-state index contributed by atoms with van der Waals surface area (Å²) >= 11 is 9.19. The van der Waals surface area contributed by atoms with Crippen LogP contribution in [0.25, 0.3) is 0 Å². The molecule has 0 unspecified atom stereocenters. The molecule has 0 saturated heterocycles. The monoisotopic (exact) mass is 271 g/mol. The van der Waals surface area contributed by atoms with Crippen molar-refractivity contribution in [2.24, 2.45) is 0 Å². The summed E-state index contributed by atoms with van der Waals surface area (Å²) < 4.78 is 0.972. The molecule has 0 spiro atoms. The lowest BCUT2D eigenvalue weighted by Gasteiger charge is -2.06. The Labute approximate surface area is 107 Å². The molecule has 0 bridgehead atoms. The van der Waals surface area contributed by atoms with E-state index in [1.165, 1.54) is 11.8 Å². The van der Waals surface area contributed by atoms with Gasteiger partial charge in [-0.25, -0.2) is 15.0 Å². The van der Waals surface area contributed by atoms with Crippen LogP contribution in [0.15, 0.2) is 20.9 Å². The van der Waals surface area contributed by atoms with Crippen molar-refractivity contribution in [2.45, 2.75) is 29.6 Å². The molecule has 2 heterocycles. The Morgan fingerprint density at radius 1 is 1.44 bits per heavy atom. The lowest BCUT2D eigenvalue weighted by Crippen LogP contribution is -1.98. The van der Waals surface area contributed by atoms with Crippen LogP contribution in [-0.4, -0.2) is 15.0 Å². The normalized spacial score (nSPS) is 10.7. The van der Waals surface area contributed by atoms with Crippen LogP contribution in [0.4, 0.5) is 0 Å². The average Bonchev–Trinajstić information content (AvgIpc) is 2.77. The maximum Gasteiger partial charge on any atom is 0.156 e. The predicted molar refractivity (Wildman–Crippen MR) is 67.4 cm³/mol. The van der Waals surface area contributed by atoms with Gasteiger partial charge in [-0.1, -0.05) is 18.5 Å². The first-order valence-electron chi connectivity index (χ1n) is 4.81. The fourth-order valence-corrected chi connectivity index (χ4v) is 2.99. The molecular weight excluding hydrogens is 262 g/mol. The van der Waals surface area contributed by atoms with Crippen molar-refractivity contribution in [3.8, 4) is 0 Å². The Bertz CT molecular complexity index is 485. The first kappa shape index (κ1) is 11.8. The van der Waals surface area contributed by atoms with Crippen molar-refractivity contribution < 1.29 is 0 Å². The SMILES string of the molecule is CCc1nc(Cl)c(C)c(Sc2nccs2)n1. The van der Waals surface area contributed by atoms with E-state index in [1.807, 2.05) is 19.2 Å². The highest BCUT2D eigenvalue weighted by Gasteiger charge is 2.11. The number of halogens is 1. The third-order valence-corrected chi connectivity index (χ3v) is 4.34. The molecule has 2 aromatic rings. The minimum absolute atomic E-state index is 0.533. The summed E-state index contributed by atoms with van der Waals surface area (Å²) in [5.74, 6) is 0.773. The summed E-state index contributed by atoms with van der Waals surface area (Å²) in [6.45, 7) is 3.94. The van der Waals surface area contributed by atoms with E-state index in [0.717, 1.165) is 27.2 Å². The van der Waals surface area contributed by atoms with E-state index < -0.39 is 0 Å². The number of nitrogens with zero attached hydrogens (tertiary/aromatic N) is 3. The Kier molecular flexibility index (Phi) is 3.78. The maximum absolute atomic E-state index is 6.06. The third-order valence-electron chi connectivity index (χ3n) is 2.00. The number of thiazole rings is 1. The second kappa shape index (κ2) is 5.12. The third kappa shape index (κ3) is 2.53. The summed E-state index contributed by atoms with van der Waals surface area (Å²) in [6, 6.07) is 0. The summed E-state index contributed by atoms with van der Waals surface area (Å²) in [5, 5.41) is 3.37. The highest BCUT2D eigenvalue weighted by atomic mass is 35.5. The van der Waals surface area contributed by atoms with Crippen LogP contribution in [-0.2, 0) is 6.42 Å². The van der Waals surface area contributed by atoms with Gasteiger partial charge in [0.15, 0.2) is 4.34 Å². The van der Waals surface area contributed by atoms with E-state index in [4.69, 9.17) is 11.6 Å². The van der Waals surface area contributed by atoms with Crippen LogP contribution in [0, 0.1) is 6.92 Å². The van der Waals surface area contributed by atoms with Gasteiger partial charge in [-0.15, -0.1) is 11.3 Å². The molecule has 3 nitrogen and oxygen atoms in total. The van der Waals surface area contributed by atoms with Crippen LogP contribution in [0.3, 0.4) is 0 Å². The molecule has 2 aromatic heterocycles. The molecular formula is C10H10ClN3S2. The molecule has 0 aliphatic rings. The van der Waals surface area contributed by atoms with Crippen molar-refractivity contribution in [1.29, 1.82) is 0 Å². The van der Waals surface area contributed by atoms with E-state index in [0.29, 0.717) is 5.15 Å².